The Balaban J connectivity index is 2.19. The molecule has 1 amide bonds. The second kappa shape index (κ2) is 6.60. The topological polar surface area (TPSA) is 75.3 Å². The van der Waals surface area contributed by atoms with Crippen LogP contribution in [0.5, 0.6) is 5.75 Å². The fourth-order valence-electron chi connectivity index (χ4n) is 1.89. The Morgan fingerprint density at radius 3 is 2.71 bits per heavy atom. The van der Waals surface area contributed by atoms with Crippen molar-refractivity contribution in [2.75, 3.05) is 11.9 Å². The maximum atomic E-state index is 12.1. The van der Waals surface area contributed by atoms with Gasteiger partial charge in [0.05, 0.1) is 12.1 Å². The fourth-order valence-corrected chi connectivity index (χ4v) is 1.89. The molecule has 2 aromatic carbocycles. The lowest BCUT2D eigenvalue weighted by Gasteiger charge is -2.08. The number of aryl methyl sites for hydroxylation is 1. The summed E-state index contributed by atoms with van der Waals surface area (Å²) in [5.74, 6) is 5.36. The number of rotatable bonds is 2. The Labute approximate surface area is 123 Å². The van der Waals surface area contributed by atoms with E-state index in [2.05, 4.69) is 17.2 Å². The van der Waals surface area contributed by atoms with Gasteiger partial charge in [0.15, 0.2) is 0 Å². The second-order valence-electron chi connectivity index (χ2n) is 4.51. The first-order valence-corrected chi connectivity index (χ1v) is 6.50. The van der Waals surface area contributed by atoms with Gasteiger partial charge in [-0.25, -0.2) is 0 Å². The van der Waals surface area contributed by atoms with Crippen LogP contribution in [-0.2, 0) is 0 Å². The molecular weight excluding hydrogens is 264 g/mol. The lowest BCUT2D eigenvalue weighted by atomic mass is 10.1. The summed E-state index contributed by atoms with van der Waals surface area (Å²) in [5.41, 5.74) is 8.06. The lowest BCUT2D eigenvalue weighted by molar-refractivity contribution is 0.102. The average molecular weight is 280 g/mol. The summed E-state index contributed by atoms with van der Waals surface area (Å²) in [7, 11) is 0. The highest BCUT2D eigenvalue weighted by Gasteiger charge is 2.10. The van der Waals surface area contributed by atoms with Gasteiger partial charge in [0.1, 0.15) is 5.75 Å². The van der Waals surface area contributed by atoms with Gasteiger partial charge < -0.3 is 16.2 Å². The SMILES string of the molecule is Cc1cc(NC(=O)c2ccccc2O)ccc1C#CCN. The molecule has 0 aliphatic heterocycles. The third-order valence-corrected chi connectivity index (χ3v) is 2.96. The summed E-state index contributed by atoms with van der Waals surface area (Å²) >= 11 is 0. The molecule has 0 radical (unpaired) electrons. The highest BCUT2D eigenvalue weighted by Crippen LogP contribution is 2.19. The van der Waals surface area contributed by atoms with Crippen LogP contribution < -0.4 is 11.1 Å². The first kappa shape index (κ1) is 14.6. The number of carbonyl (C=O) groups excluding carboxylic acids is 1. The van der Waals surface area contributed by atoms with Crippen molar-refractivity contribution in [1.29, 1.82) is 0 Å². The minimum absolute atomic E-state index is 0.0443. The van der Waals surface area contributed by atoms with Gasteiger partial charge in [-0.2, -0.15) is 0 Å². The molecule has 0 bridgehead atoms. The molecule has 106 valence electrons. The number of hydrogen-bond donors (Lipinski definition) is 3. The number of nitrogens with two attached hydrogens (primary N) is 1. The van der Waals surface area contributed by atoms with Gasteiger partial charge >= 0.3 is 0 Å². The number of anilines is 1. The minimum atomic E-state index is -0.353. The fraction of sp³-hybridized carbons (Fsp3) is 0.118. The first-order chi connectivity index (χ1) is 10.1. The monoisotopic (exact) mass is 280 g/mol. The van der Waals surface area contributed by atoms with Crippen molar-refractivity contribution in [3.63, 3.8) is 0 Å². The molecule has 2 rings (SSSR count). The van der Waals surface area contributed by atoms with E-state index in [0.29, 0.717) is 12.2 Å². The van der Waals surface area contributed by atoms with Gasteiger partial charge in [0.25, 0.3) is 5.91 Å². The van der Waals surface area contributed by atoms with Crippen molar-refractivity contribution in [2.45, 2.75) is 6.92 Å². The summed E-state index contributed by atoms with van der Waals surface area (Å²) < 4.78 is 0. The van der Waals surface area contributed by atoms with Gasteiger partial charge in [0, 0.05) is 11.3 Å². The number of aromatic hydroxyl groups is 1. The molecule has 0 aliphatic rings. The number of carbonyl (C=O) groups is 1. The predicted octanol–water partition coefficient (Wildman–Crippen LogP) is 2.26. The summed E-state index contributed by atoms with van der Waals surface area (Å²) in [4.78, 5) is 12.1. The van der Waals surface area contributed by atoms with Crippen molar-refractivity contribution in [3.8, 4) is 17.6 Å². The summed E-state index contributed by atoms with van der Waals surface area (Å²) in [6.45, 7) is 2.22. The van der Waals surface area contributed by atoms with E-state index >= 15 is 0 Å². The zero-order chi connectivity index (χ0) is 15.2. The van der Waals surface area contributed by atoms with Crippen LogP contribution >= 0.6 is 0 Å². The maximum absolute atomic E-state index is 12.1. The summed E-state index contributed by atoms with van der Waals surface area (Å²) in [5, 5.41) is 12.4. The first-order valence-electron chi connectivity index (χ1n) is 6.50. The summed E-state index contributed by atoms with van der Waals surface area (Å²) in [6, 6.07) is 11.8. The van der Waals surface area contributed by atoms with E-state index in [1.54, 1.807) is 24.3 Å². The number of phenolic OH excluding ortho intramolecular Hbond substituents is 1. The molecule has 4 nitrogen and oxygen atoms in total. The number of amides is 1. The van der Waals surface area contributed by atoms with Gasteiger partial charge in [-0.3, -0.25) is 4.79 Å². The largest absolute Gasteiger partial charge is 0.507 e. The number of phenols is 1. The van der Waals surface area contributed by atoms with Gasteiger partial charge in [-0.1, -0.05) is 24.0 Å². The Morgan fingerprint density at radius 2 is 2.05 bits per heavy atom. The number of nitrogens with one attached hydrogen (secondary N) is 1. The molecule has 0 saturated carbocycles. The number of para-hydroxylation sites is 1. The molecule has 0 heterocycles. The van der Waals surface area contributed by atoms with E-state index in [1.165, 1.54) is 6.07 Å². The lowest BCUT2D eigenvalue weighted by Crippen LogP contribution is -2.12. The van der Waals surface area contributed by atoms with Gasteiger partial charge in [0.2, 0.25) is 0 Å². The second-order valence-corrected chi connectivity index (χ2v) is 4.51. The molecule has 4 heteroatoms. The molecule has 4 N–H and O–H groups in total. The third-order valence-electron chi connectivity index (χ3n) is 2.96. The smallest absolute Gasteiger partial charge is 0.259 e. The molecule has 0 aromatic heterocycles. The van der Waals surface area contributed by atoms with E-state index < -0.39 is 0 Å². The van der Waals surface area contributed by atoms with Crippen LogP contribution in [0.4, 0.5) is 5.69 Å². The standard InChI is InChI=1S/C17H16N2O2/c1-12-11-14(9-8-13(12)5-4-10-18)19-17(21)15-6-2-3-7-16(15)20/h2-3,6-9,11,20H,10,18H2,1H3,(H,19,21). The quantitative estimate of drug-likeness (QED) is 0.739. The molecule has 0 saturated heterocycles. The summed E-state index contributed by atoms with van der Waals surface area (Å²) in [6.07, 6.45) is 0. The Hall–Kier alpha value is -2.77. The van der Waals surface area contributed by atoms with Crippen molar-refractivity contribution in [3.05, 3.63) is 59.2 Å². The van der Waals surface area contributed by atoms with Crippen LogP contribution in [-0.4, -0.2) is 17.6 Å². The molecule has 21 heavy (non-hydrogen) atoms. The van der Waals surface area contributed by atoms with Crippen LogP contribution in [0.2, 0.25) is 0 Å². The molecule has 0 fully saturated rings. The van der Waals surface area contributed by atoms with Crippen molar-refractivity contribution >= 4 is 11.6 Å². The molecule has 0 unspecified atom stereocenters. The highest BCUT2D eigenvalue weighted by atomic mass is 16.3. The molecule has 2 aromatic rings. The predicted molar refractivity (Wildman–Crippen MR) is 83.2 cm³/mol. The van der Waals surface area contributed by atoms with Gasteiger partial charge in [-0.15, -0.1) is 0 Å². The Bertz CT molecular complexity index is 727. The third kappa shape index (κ3) is 3.62. The molecular formula is C17H16N2O2. The van der Waals surface area contributed by atoms with E-state index in [1.807, 2.05) is 19.1 Å². The maximum Gasteiger partial charge on any atom is 0.259 e. The number of benzene rings is 2. The van der Waals surface area contributed by atoms with Crippen LogP contribution in [0, 0.1) is 18.8 Å². The Kier molecular flexibility index (Phi) is 4.60. The van der Waals surface area contributed by atoms with Crippen molar-refractivity contribution in [2.24, 2.45) is 5.73 Å². The molecule has 0 spiro atoms. The number of hydrogen-bond acceptors (Lipinski definition) is 3. The average Bonchev–Trinajstić information content (AvgIpc) is 2.47. The van der Waals surface area contributed by atoms with E-state index in [4.69, 9.17) is 5.73 Å². The zero-order valence-electron chi connectivity index (χ0n) is 11.7. The van der Waals surface area contributed by atoms with Gasteiger partial charge in [-0.05, 0) is 42.8 Å². The van der Waals surface area contributed by atoms with Crippen LogP contribution in [0.1, 0.15) is 21.5 Å². The van der Waals surface area contributed by atoms with Crippen LogP contribution in [0.3, 0.4) is 0 Å². The molecule has 0 aliphatic carbocycles. The van der Waals surface area contributed by atoms with Crippen LogP contribution in [0.15, 0.2) is 42.5 Å². The van der Waals surface area contributed by atoms with E-state index in [0.717, 1.165) is 11.1 Å². The highest BCUT2D eigenvalue weighted by molar-refractivity contribution is 6.06. The zero-order valence-corrected chi connectivity index (χ0v) is 11.7. The van der Waals surface area contributed by atoms with E-state index in [-0.39, 0.29) is 17.2 Å². The molecule has 0 atom stereocenters. The van der Waals surface area contributed by atoms with Crippen LogP contribution in [0.25, 0.3) is 0 Å². The Morgan fingerprint density at radius 1 is 1.29 bits per heavy atom. The van der Waals surface area contributed by atoms with Crippen molar-refractivity contribution in [1.82, 2.24) is 0 Å². The van der Waals surface area contributed by atoms with Crippen molar-refractivity contribution < 1.29 is 9.90 Å². The minimum Gasteiger partial charge on any atom is -0.507 e. The van der Waals surface area contributed by atoms with E-state index in [9.17, 15) is 9.90 Å². The normalized spacial score (nSPS) is 9.62.